The molecule has 0 saturated carbocycles. The van der Waals surface area contributed by atoms with Gasteiger partial charge >= 0.3 is 0 Å². The molecule has 3 nitrogen and oxygen atoms in total. The van der Waals surface area contributed by atoms with Gasteiger partial charge in [-0.05, 0) is 6.42 Å². The first kappa shape index (κ1) is 22.4. The molecular formula is C8H24O3. The molecule has 3 N–H and O–H groups in total. The summed E-state index contributed by atoms with van der Waals surface area (Å²) in [6.45, 7) is 7.06. The van der Waals surface area contributed by atoms with Crippen molar-refractivity contribution in [2.24, 2.45) is 0 Å². The predicted octanol–water partition coefficient (Wildman–Crippen LogP) is 1.24. The first-order valence-electron chi connectivity index (χ1n) is 3.85. The van der Waals surface area contributed by atoms with Crippen LogP contribution in [0.1, 0.15) is 33.6 Å². The number of aliphatic hydroxyl groups excluding tert-OH is 1. The molecule has 3 heteroatoms. The summed E-state index contributed by atoms with van der Waals surface area (Å²) in [7, 11) is 2.73. The number of unbranched alkanes of at least 4 members (excludes halogenated alkanes) is 1. The highest BCUT2D eigenvalue weighted by Gasteiger charge is 1.74. The summed E-state index contributed by atoms with van der Waals surface area (Å²) >= 11 is 0. The molecule has 74 valence electrons. The van der Waals surface area contributed by atoms with Gasteiger partial charge in [0, 0.05) is 20.8 Å². The number of ether oxygens (including phenoxy) is 1. The van der Waals surface area contributed by atoms with Gasteiger partial charge in [-0.25, -0.2) is 0 Å². The molecule has 0 atom stereocenters. The van der Waals surface area contributed by atoms with Gasteiger partial charge in [-0.15, -0.1) is 0 Å². The second-order valence-electron chi connectivity index (χ2n) is 1.35. The fourth-order valence-corrected chi connectivity index (χ4v) is 0.289. The summed E-state index contributed by atoms with van der Waals surface area (Å²) in [4.78, 5) is 0. The Hall–Kier alpha value is -0.120. The number of methoxy groups -OCH3 is 1. The van der Waals surface area contributed by atoms with E-state index in [1.165, 1.54) is 12.8 Å². The average molecular weight is 168 g/mol. The first-order chi connectivity index (χ1) is 4.91. The molecule has 0 aliphatic rings. The molecule has 0 bridgehead atoms. The van der Waals surface area contributed by atoms with Gasteiger partial charge in [0.2, 0.25) is 0 Å². The molecule has 0 spiro atoms. The number of hydrogen-bond donors (Lipinski definition) is 1. The fraction of sp³-hybridized carbons (Fsp3) is 1.00. The Morgan fingerprint density at radius 3 is 1.64 bits per heavy atom. The van der Waals surface area contributed by atoms with Crippen molar-refractivity contribution in [3.8, 4) is 0 Å². The average Bonchev–Trinajstić information content (AvgIpc) is 2.08. The van der Waals surface area contributed by atoms with Crippen LogP contribution >= 0.6 is 0 Å². The molecular weight excluding hydrogens is 144 g/mol. The second-order valence-corrected chi connectivity index (χ2v) is 1.35. The maximum Gasteiger partial charge on any atom is 0.0462 e. The molecule has 0 rings (SSSR count). The van der Waals surface area contributed by atoms with Gasteiger partial charge in [0.1, 0.15) is 0 Å². The van der Waals surface area contributed by atoms with Crippen molar-refractivity contribution in [2.45, 2.75) is 33.6 Å². The number of hydrogen-bond acceptors (Lipinski definition) is 2. The molecule has 0 heterocycles. The summed E-state index contributed by atoms with van der Waals surface area (Å²) in [5, 5.41) is 7.00. The molecule has 0 aliphatic heterocycles. The van der Waals surface area contributed by atoms with Crippen molar-refractivity contribution < 1.29 is 15.3 Å². The van der Waals surface area contributed by atoms with Crippen molar-refractivity contribution in [1.29, 1.82) is 0 Å². The van der Waals surface area contributed by atoms with Crippen LogP contribution in [0.3, 0.4) is 0 Å². The van der Waals surface area contributed by atoms with E-state index < -0.39 is 0 Å². The molecule has 0 amide bonds. The lowest BCUT2D eigenvalue weighted by Gasteiger charge is -1.89. The minimum atomic E-state index is 0. The lowest BCUT2D eigenvalue weighted by molar-refractivity contribution is 0.194. The molecule has 0 aromatic carbocycles. The Bertz CT molecular complexity index is 21.3. The minimum Gasteiger partial charge on any atom is -0.412 e. The third-order valence-electron chi connectivity index (χ3n) is 0.702. The zero-order chi connectivity index (χ0) is 8.83. The van der Waals surface area contributed by atoms with E-state index in [2.05, 4.69) is 6.92 Å². The van der Waals surface area contributed by atoms with Gasteiger partial charge in [0.25, 0.3) is 0 Å². The van der Waals surface area contributed by atoms with Gasteiger partial charge < -0.3 is 15.3 Å². The van der Waals surface area contributed by atoms with E-state index in [1.54, 1.807) is 7.11 Å². The summed E-state index contributed by atoms with van der Waals surface area (Å²) in [5.41, 5.74) is 0. The third kappa shape index (κ3) is 74.0. The van der Waals surface area contributed by atoms with E-state index in [4.69, 9.17) is 9.84 Å². The Kier molecular flexibility index (Phi) is 106. The van der Waals surface area contributed by atoms with E-state index in [0.29, 0.717) is 0 Å². The molecule has 0 fully saturated rings. The Balaban J connectivity index is -0.0000000428. The molecule has 11 heavy (non-hydrogen) atoms. The fourth-order valence-electron chi connectivity index (χ4n) is 0.289. The predicted molar refractivity (Wildman–Crippen MR) is 49.9 cm³/mol. The van der Waals surface area contributed by atoms with Crippen LogP contribution < -0.4 is 0 Å². The SMILES string of the molecule is CC.CCCCOC.CO.O. The Morgan fingerprint density at radius 1 is 1.18 bits per heavy atom. The minimum absolute atomic E-state index is 0. The molecule has 0 aliphatic carbocycles. The highest BCUT2D eigenvalue weighted by molar-refractivity contribution is 4.26. The van der Waals surface area contributed by atoms with Crippen molar-refractivity contribution in [1.82, 2.24) is 0 Å². The van der Waals surface area contributed by atoms with Gasteiger partial charge in [-0.1, -0.05) is 27.2 Å². The van der Waals surface area contributed by atoms with Gasteiger partial charge in [-0.3, -0.25) is 0 Å². The van der Waals surface area contributed by atoms with Crippen LogP contribution in [0.25, 0.3) is 0 Å². The van der Waals surface area contributed by atoms with E-state index in [1.807, 2.05) is 13.8 Å². The highest BCUT2D eigenvalue weighted by Crippen LogP contribution is 1.83. The van der Waals surface area contributed by atoms with Gasteiger partial charge in [0.15, 0.2) is 0 Å². The molecule has 0 aromatic heterocycles. The lowest BCUT2D eigenvalue weighted by atomic mass is 10.4. The van der Waals surface area contributed by atoms with Crippen molar-refractivity contribution >= 4 is 0 Å². The topological polar surface area (TPSA) is 61.0 Å². The van der Waals surface area contributed by atoms with Crippen LogP contribution in [-0.2, 0) is 4.74 Å². The summed E-state index contributed by atoms with van der Waals surface area (Å²) in [6.07, 6.45) is 2.42. The lowest BCUT2D eigenvalue weighted by Crippen LogP contribution is -1.84. The van der Waals surface area contributed by atoms with Crippen molar-refractivity contribution in [3.05, 3.63) is 0 Å². The van der Waals surface area contributed by atoms with Gasteiger partial charge in [0.05, 0.1) is 0 Å². The Morgan fingerprint density at radius 2 is 1.55 bits per heavy atom. The summed E-state index contributed by atoms with van der Waals surface area (Å²) in [5.74, 6) is 0. The van der Waals surface area contributed by atoms with E-state index >= 15 is 0 Å². The van der Waals surface area contributed by atoms with Crippen LogP contribution in [0, 0.1) is 0 Å². The normalized spacial score (nSPS) is 6.00. The first-order valence-corrected chi connectivity index (χ1v) is 3.85. The molecule has 0 unspecified atom stereocenters. The quantitative estimate of drug-likeness (QED) is 0.644. The number of aliphatic hydroxyl groups is 1. The summed E-state index contributed by atoms with van der Waals surface area (Å²) in [6, 6.07) is 0. The third-order valence-corrected chi connectivity index (χ3v) is 0.702. The van der Waals surface area contributed by atoms with E-state index in [0.717, 1.165) is 13.7 Å². The van der Waals surface area contributed by atoms with Crippen molar-refractivity contribution in [2.75, 3.05) is 20.8 Å². The maximum atomic E-state index is 7.00. The van der Waals surface area contributed by atoms with E-state index in [9.17, 15) is 0 Å². The maximum absolute atomic E-state index is 7.00. The van der Waals surface area contributed by atoms with Gasteiger partial charge in [-0.2, -0.15) is 0 Å². The van der Waals surface area contributed by atoms with Crippen LogP contribution in [0.4, 0.5) is 0 Å². The zero-order valence-corrected chi connectivity index (χ0v) is 8.48. The zero-order valence-electron chi connectivity index (χ0n) is 8.48. The molecule has 0 saturated heterocycles. The smallest absolute Gasteiger partial charge is 0.0462 e. The standard InChI is InChI=1S/C5H12O.C2H6.CH4O.H2O/c1-3-4-5-6-2;2*1-2;/h3-5H2,1-2H3;1-2H3;2H,1H3;1H2. The van der Waals surface area contributed by atoms with E-state index in [-0.39, 0.29) is 5.48 Å². The molecule has 0 aromatic rings. The van der Waals surface area contributed by atoms with Crippen LogP contribution in [-0.4, -0.2) is 31.4 Å². The Labute approximate surface area is 70.7 Å². The van der Waals surface area contributed by atoms with Crippen LogP contribution in [0.5, 0.6) is 0 Å². The second kappa shape index (κ2) is 51.8. The monoisotopic (exact) mass is 168 g/mol. The highest BCUT2D eigenvalue weighted by atomic mass is 16.5. The van der Waals surface area contributed by atoms with Crippen LogP contribution in [0.15, 0.2) is 0 Å². The summed E-state index contributed by atoms with van der Waals surface area (Å²) < 4.78 is 4.78. The largest absolute Gasteiger partial charge is 0.412 e. The molecule has 0 radical (unpaired) electrons. The van der Waals surface area contributed by atoms with Crippen LogP contribution in [0.2, 0.25) is 0 Å². The number of rotatable bonds is 3. The van der Waals surface area contributed by atoms with Crippen molar-refractivity contribution in [3.63, 3.8) is 0 Å².